The van der Waals surface area contributed by atoms with E-state index in [0.717, 1.165) is 55.5 Å². The van der Waals surface area contributed by atoms with Gasteiger partial charge >= 0.3 is 0 Å². The van der Waals surface area contributed by atoms with Gasteiger partial charge in [-0.3, -0.25) is 0 Å². The summed E-state index contributed by atoms with van der Waals surface area (Å²) in [5, 5.41) is 21.4. The Morgan fingerprint density at radius 3 is 3.00 bits per heavy atom. The molecule has 0 radical (unpaired) electrons. The Bertz CT molecular complexity index is 801. The monoisotopic (exact) mass is 372 g/mol. The van der Waals surface area contributed by atoms with E-state index in [4.69, 9.17) is 4.74 Å². The molecule has 1 aliphatic heterocycles. The van der Waals surface area contributed by atoms with E-state index in [1.54, 1.807) is 25.3 Å². The lowest BCUT2D eigenvalue weighted by Crippen LogP contribution is -2.47. The van der Waals surface area contributed by atoms with Gasteiger partial charge in [0.2, 0.25) is 0 Å². The summed E-state index contributed by atoms with van der Waals surface area (Å²) >= 11 is 0. The minimum absolute atomic E-state index is 0.215. The van der Waals surface area contributed by atoms with E-state index in [1.165, 1.54) is 0 Å². The smallest absolute Gasteiger partial charge is 0.191 e. The molecule has 1 aromatic heterocycles. The number of hydrogen-bond acceptors (Lipinski definition) is 5. The maximum atomic E-state index is 10.0. The Labute approximate surface area is 159 Å². The van der Waals surface area contributed by atoms with Crippen LogP contribution >= 0.6 is 0 Å². The molecule has 2 heterocycles. The summed E-state index contributed by atoms with van der Waals surface area (Å²) in [5.74, 6) is 3.61. The number of aromatic hydroxyl groups is 1. The summed E-state index contributed by atoms with van der Waals surface area (Å²) in [4.78, 5) is 9.18. The fourth-order valence-electron chi connectivity index (χ4n) is 3.12. The highest BCUT2D eigenvalue weighted by Crippen LogP contribution is 2.23. The van der Waals surface area contributed by atoms with Crippen LogP contribution in [0.4, 0.5) is 0 Å². The van der Waals surface area contributed by atoms with Crippen LogP contribution in [0, 0.1) is 0 Å². The van der Waals surface area contributed by atoms with Crippen molar-refractivity contribution in [3.8, 4) is 11.5 Å². The average molecular weight is 372 g/mol. The quantitative estimate of drug-likeness (QED) is 0.527. The number of guanidine groups is 1. The second-order valence-corrected chi connectivity index (χ2v) is 6.55. The summed E-state index contributed by atoms with van der Waals surface area (Å²) in [7, 11) is 1.61. The zero-order chi connectivity index (χ0) is 19.2. The molecule has 0 spiro atoms. The first-order valence-corrected chi connectivity index (χ1v) is 9.46. The van der Waals surface area contributed by atoms with Crippen molar-refractivity contribution in [2.45, 2.75) is 52.2 Å². The molecule has 27 heavy (non-hydrogen) atoms. The number of aliphatic imine (C=N–C) groups is 1. The van der Waals surface area contributed by atoms with Gasteiger partial charge in [0, 0.05) is 31.0 Å². The molecule has 2 aromatic rings. The molecule has 1 aliphatic rings. The van der Waals surface area contributed by atoms with Gasteiger partial charge in [-0.2, -0.15) is 5.10 Å². The van der Waals surface area contributed by atoms with Gasteiger partial charge in [0.1, 0.15) is 17.3 Å². The number of ether oxygens (including phenoxy) is 1. The van der Waals surface area contributed by atoms with Crippen molar-refractivity contribution in [3.63, 3.8) is 0 Å². The summed E-state index contributed by atoms with van der Waals surface area (Å²) in [6, 6.07) is 5.40. The summed E-state index contributed by atoms with van der Waals surface area (Å²) < 4.78 is 7.22. The number of aryl methyl sites for hydroxylation is 2. The lowest BCUT2D eigenvalue weighted by molar-refractivity contribution is 0.392. The van der Waals surface area contributed by atoms with Crippen LogP contribution in [0.5, 0.6) is 11.5 Å². The molecule has 1 aromatic carbocycles. The molecule has 0 amide bonds. The number of phenols is 1. The van der Waals surface area contributed by atoms with Crippen LogP contribution < -0.4 is 15.4 Å². The summed E-state index contributed by atoms with van der Waals surface area (Å²) in [5.41, 5.74) is 0.723. The zero-order valence-electron chi connectivity index (χ0n) is 16.2. The van der Waals surface area contributed by atoms with Crippen LogP contribution in [-0.2, 0) is 25.9 Å². The molecule has 8 heteroatoms. The maximum absolute atomic E-state index is 10.0. The molecule has 8 nitrogen and oxygen atoms in total. The van der Waals surface area contributed by atoms with E-state index in [0.29, 0.717) is 12.3 Å². The van der Waals surface area contributed by atoms with Crippen LogP contribution in [0.15, 0.2) is 23.2 Å². The van der Waals surface area contributed by atoms with E-state index in [9.17, 15) is 5.11 Å². The van der Waals surface area contributed by atoms with E-state index in [1.807, 2.05) is 11.6 Å². The third-order valence-electron chi connectivity index (χ3n) is 4.60. The van der Waals surface area contributed by atoms with Crippen LogP contribution in [0.3, 0.4) is 0 Å². The lowest BCUT2D eigenvalue weighted by Gasteiger charge is -2.25. The normalized spacial score (nSPS) is 16.7. The first kappa shape index (κ1) is 19.0. The summed E-state index contributed by atoms with van der Waals surface area (Å²) in [6.07, 6.45) is 2.74. The van der Waals surface area contributed by atoms with Crippen molar-refractivity contribution in [1.82, 2.24) is 25.4 Å². The van der Waals surface area contributed by atoms with Gasteiger partial charge in [-0.05, 0) is 31.5 Å². The van der Waals surface area contributed by atoms with Crippen LogP contribution in [0.25, 0.3) is 0 Å². The zero-order valence-corrected chi connectivity index (χ0v) is 16.2. The van der Waals surface area contributed by atoms with E-state index < -0.39 is 0 Å². The van der Waals surface area contributed by atoms with Crippen LogP contribution in [0.2, 0.25) is 0 Å². The molecular formula is C19H28N6O2. The predicted octanol–water partition coefficient (Wildman–Crippen LogP) is 1.62. The van der Waals surface area contributed by atoms with Gasteiger partial charge in [-0.15, -0.1) is 0 Å². The van der Waals surface area contributed by atoms with Gasteiger partial charge in [-0.25, -0.2) is 14.7 Å². The minimum Gasteiger partial charge on any atom is -0.508 e. The number of aromatic nitrogens is 3. The average Bonchev–Trinajstić information content (AvgIpc) is 3.10. The van der Waals surface area contributed by atoms with E-state index in [2.05, 4.69) is 32.6 Å². The van der Waals surface area contributed by atoms with Crippen molar-refractivity contribution in [2.24, 2.45) is 4.99 Å². The Morgan fingerprint density at radius 1 is 1.41 bits per heavy atom. The SMILES string of the molecule is CCNC(=NCc1cc(OC)ccc1O)NC1CCc2nc(CC)nn2C1. The molecule has 3 N–H and O–H groups in total. The van der Waals surface area contributed by atoms with Crippen molar-refractivity contribution >= 4 is 5.96 Å². The highest BCUT2D eigenvalue weighted by Gasteiger charge is 2.22. The standard InChI is InChI=1S/C19H28N6O2/c1-4-17-23-18-9-6-14(12-25(18)24-17)22-19(20-5-2)21-11-13-10-15(27-3)7-8-16(13)26/h7-8,10,14,26H,4-6,9,11-12H2,1-3H3,(H2,20,21,22). The number of fused-ring (bicyclic) bond motifs is 1. The number of nitrogens with zero attached hydrogens (tertiary/aromatic N) is 4. The number of phenolic OH excluding ortho intramolecular Hbond substituents is 1. The molecule has 0 saturated heterocycles. The molecule has 0 aliphatic carbocycles. The minimum atomic E-state index is 0.215. The Balaban J connectivity index is 1.68. The molecule has 0 bridgehead atoms. The lowest BCUT2D eigenvalue weighted by atomic mass is 10.1. The fraction of sp³-hybridized carbons (Fsp3) is 0.526. The van der Waals surface area contributed by atoms with E-state index >= 15 is 0 Å². The van der Waals surface area contributed by atoms with E-state index in [-0.39, 0.29) is 11.8 Å². The molecule has 0 saturated carbocycles. The molecular weight excluding hydrogens is 344 g/mol. The molecule has 1 unspecified atom stereocenters. The van der Waals surface area contributed by atoms with Gasteiger partial charge in [0.25, 0.3) is 0 Å². The second kappa shape index (κ2) is 8.75. The Hall–Kier alpha value is -2.77. The van der Waals surface area contributed by atoms with Crippen molar-refractivity contribution in [2.75, 3.05) is 13.7 Å². The maximum Gasteiger partial charge on any atom is 0.191 e. The number of nitrogens with one attached hydrogen (secondary N) is 2. The highest BCUT2D eigenvalue weighted by molar-refractivity contribution is 5.80. The largest absolute Gasteiger partial charge is 0.508 e. The number of rotatable bonds is 6. The fourth-order valence-corrected chi connectivity index (χ4v) is 3.12. The Kier molecular flexibility index (Phi) is 6.16. The molecule has 146 valence electrons. The van der Waals surface area contributed by atoms with Gasteiger partial charge in [0.05, 0.1) is 20.2 Å². The third-order valence-corrected chi connectivity index (χ3v) is 4.60. The number of benzene rings is 1. The second-order valence-electron chi connectivity index (χ2n) is 6.55. The van der Waals surface area contributed by atoms with Gasteiger partial charge < -0.3 is 20.5 Å². The van der Waals surface area contributed by atoms with Crippen LogP contribution in [0.1, 0.15) is 37.5 Å². The summed E-state index contributed by atoms with van der Waals surface area (Å²) in [6.45, 7) is 6.00. The molecule has 1 atom stereocenters. The topological polar surface area (TPSA) is 96.6 Å². The third kappa shape index (κ3) is 4.69. The first-order valence-electron chi connectivity index (χ1n) is 9.46. The van der Waals surface area contributed by atoms with Crippen molar-refractivity contribution in [1.29, 1.82) is 0 Å². The highest BCUT2D eigenvalue weighted by atomic mass is 16.5. The predicted molar refractivity (Wildman–Crippen MR) is 104 cm³/mol. The number of hydrogen-bond donors (Lipinski definition) is 3. The number of methoxy groups -OCH3 is 1. The molecule has 3 rings (SSSR count). The van der Waals surface area contributed by atoms with Crippen LogP contribution in [-0.4, -0.2) is 45.5 Å². The Morgan fingerprint density at radius 2 is 2.26 bits per heavy atom. The van der Waals surface area contributed by atoms with Crippen molar-refractivity contribution < 1.29 is 9.84 Å². The van der Waals surface area contributed by atoms with Gasteiger partial charge in [0.15, 0.2) is 11.8 Å². The first-order chi connectivity index (χ1) is 13.1. The molecule has 0 fully saturated rings. The van der Waals surface area contributed by atoms with Crippen molar-refractivity contribution in [3.05, 3.63) is 35.4 Å². The van der Waals surface area contributed by atoms with Gasteiger partial charge in [-0.1, -0.05) is 6.92 Å².